The van der Waals surface area contributed by atoms with Crippen LogP contribution in [-0.2, 0) is 9.59 Å². The normalized spacial score (nSPS) is 26.2. The van der Waals surface area contributed by atoms with Gasteiger partial charge in [-0.15, -0.1) is 0 Å². The number of fused-ring (bicyclic) bond motifs is 1. The number of rotatable bonds is 3. The van der Waals surface area contributed by atoms with Gasteiger partial charge in [-0.25, -0.2) is 0 Å². The van der Waals surface area contributed by atoms with E-state index in [9.17, 15) is 14.7 Å². The molecule has 3 unspecified atom stereocenters. The highest BCUT2D eigenvalue weighted by Gasteiger charge is 2.38. The minimum Gasteiger partial charge on any atom is -0.481 e. The van der Waals surface area contributed by atoms with Crippen LogP contribution in [0.1, 0.15) is 50.1 Å². The van der Waals surface area contributed by atoms with Crippen LogP contribution in [0.15, 0.2) is 42.5 Å². The summed E-state index contributed by atoms with van der Waals surface area (Å²) in [6, 6.07) is 14.8. The highest BCUT2D eigenvalue weighted by molar-refractivity contribution is 5.87. The molecule has 3 atom stereocenters. The second kappa shape index (κ2) is 7.10. The van der Waals surface area contributed by atoms with Crippen LogP contribution in [0.5, 0.6) is 0 Å². The Balaban J connectivity index is 1.60. The zero-order chi connectivity index (χ0) is 18.1. The lowest BCUT2D eigenvalue weighted by Gasteiger charge is -2.33. The van der Waals surface area contributed by atoms with Gasteiger partial charge in [-0.2, -0.15) is 0 Å². The minimum atomic E-state index is -0.755. The van der Waals surface area contributed by atoms with Crippen LogP contribution < -0.4 is 0 Å². The van der Waals surface area contributed by atoms with Crippen molar-refractivity contribution in [3.8, 4) is 0 Å². The number of amides is 1. The molecule has 4 heteroatoms. The highest BCUT2D eigenvalue weighted by Crippen LogP contribution is 2.39. The van der Waals surface area contributed by atoms with E-state index in [4.69, 9.17) is 0 Å². The van der Waals surface area contributed by atoms with Gasteiger partial charge in [-0.05, 0) is 48.4 Å². The van der Waals surface area contributed by atoms with Crippen molar-refractivity contribution in [2.75, 3.05) is 6.54 Å². The number of carboxylic acid groups (broad SMARTS) is 1. The molecule has 2 aromatic rings. The van der Waals surface area contributed by atoms with Gasteiger partial charge in [0.1, 0.15) is 0 Å². The average Bonchev–Trinajstić information content (AvgIpc) is 3.16. The van der Waals surface area contributed by atoms with E-state index in [1.165, 1.54) is 16.3 Å². The number of carboxylic acids is 1. The lowest BCUT2D eigenvalue weighted by Crippen LogP contribution is -2.38. The van der Waals surface area contributed by atoms with Gasteiger partial charge in [0.25, 0.3) is 0 Å². The number of carbonyl (C=O) groups excluding carboxylic acids is 1. The molecule has 1 aliphatic carbocycles. The SMILES string of the molecule is O=C(O)C1CCCC(C(=O)N2CCCC2c2cccc3ccccc23)C1. The number of aliphatic carboxylic acids is 1. The number of hydrogen-bond donors (Lipinski definition) is 1. The largest absolute Gasteiger partial charge is 0.481 e. The summed E-state index contributed by atoms with van der Waals surface area (Å²) in [7, 11) is 0. The van der Waals surface area contributed by atoms with Crippen molar-refractivity contribution in [3.05, 3.63) is 48.0 Å². The zero-order valence-electron chi connectivity index (χ0n) is 14.9. The average molecular weight is 351 g/mol. The van der Waals surface area contributed by atoms with Gasteiger partial charge in [-0.3, -0.25) is 9.59 Å². The minimum absolute atomic E-state index is 0.110. The van der Waals surface area contributed by atoms with E-state index < -0.39 is 5.97 Å². The number of carbonyl (C=O) groups is 2. The molecule has 136 valence electrons. The van der Waals surface area contributed by atoms with Crippen LogP contribution >= 0.6 is 0 Å². The fourth-order valence-corrected chi connectivity index (χ4v) is 4.77. The predicted octanol–water partition coefficient (Wildman–Crippen LogP) is 4.39. The maximum Gasteiger partial charge on any atom is 0.306 e. The Bertz CT molecular complexity index is 826. The summed E-state index contributed by atoms with van der Waals surface area (Å²) in [5.74, 6) is -1.10. The van der Waals surface area contributed by atoms with Gasteiger partial charge >= 0.3 is 5.97 Å². The summed E-state index contributed by atoms with van der Waals surface area (Å²) in [6.45, 7) is 0.779. The van der Waals surface area contributed by atoms with E-state index >= 15 is 0 Å². The summed E-state index contributed by atoms with van der Waals surface area (Å²) in [4.78, 5) is 26.6. The van der Waals surface area contributed by atoms with E-state index in [-0.39, 0.29) is 23.8 Å². The van der Waals surface area contributed by atoms with Crippen molar-refractivity contribution in [2.24, 2.45) is 11.8 Å². The molecule has 1 N–H and O–H groups in total. The molecule has 4 rings (SSSR count). The standard InChI is InChI=1S/C22H25NO3/c24-21(16-8-3-9-17(14-16)22(25)26)23-13-5-12-20(23)19-11-4-7-15-6-1-2-10-18(15)19/h1-2,4,6-7,10-11,16-17,20H,3,5,8-9,12-14H2,(H,25,26). The van der Waals surface area contributed by atoms with Gasteiger partial charge in [-0.1, -0.05) is 48.9 Å². The quantitative estimate of drug-likeness (QED) is 0.892. The van der Waals surface area contributed by atoms with Crippen LogP contribution in [0.25, 0.3) is 10.8 Å². The fraction of sp³-hybridized carbons (Fsp3) is 0.455. The summed E-state index contributed by atoms with van der Waals surface area (Å²) < 4.78 is 0. The molecule has 1 amide bonds. The number of benzene rings is 2. The van der Waals surface area contributed by atoms with Gasteiger partial charge in [0.15, 0.2) is 0 Å². The van der Waals surface area contributed by atoms with Crippen molar-refractivity contribution in [1.82, 2.24) is 4.90 Å². The molecule has 26 heavy (non-hydrogen) atoms. The van der Waals surface area contributed by atoms with E-state index in [2.05, 4.69) is 30.3 Å². The molecule has 0 spiro atoms. The maximum absolute atomic E-state index is 13.2. The first kappa shape index (κ1) is 17.1. The van der Waals surface area contributed by atoms with Crippen molar-refractivity contribution in [3.63, 3.8) is 0 Å². The Labute approximate surface area is 153 Å². The third-order valence-corrected chi connectivity index (χ3v) is 6.09. The molecule has 0 aromatic heterocycles. The highest BCUT2D eigenvalue weighted by atomic mass is 16.4. The smallest absolute Gasteiger partial charge is 0.306 e. The molecule has 4 nitrogen and oxygen atoms in total. The monoisotopic (exact) mass is 351 g/mol. The Kier molecular flexibility index (Phi) is 4.66. The van der Waals surface area contributed by atoms with E-state index in [1.54, 1.807) is 0 Å². The van der Waals surface area contributed by atoms with E-state index in [1.807, 2.05) is 17.0 Å². The van der Waals surface area contributed by atoms with E-state index in [0.717, 1.165) is 32.2 Å². The molecular formula is C22H25NO3. The Morgan fingerprint density at radius 1 is 0.923 bits per heavy atom. The van der Waals surface area contributed by atoms with Crippen molar-refractivity contribution < 1.29 is 14.7 Å². The lowest BCUT2D eigenvalue weighted by atomic mass is 9.80. The summed E-state index contributed by atoms with van der Waals surface area (Å²) in [5.41, 5.74) is 1.22. The number of likely N-dealkylation sites (tertiary alicyclic amines) is 1. The number of hydrogen-bond acceptors (Lipinski definition) is 2. The van der Waals surface area contributed by atoms with Gasteiger partial charge in [0, 0.05) is 12.5 Å². The predicted molar refractivity (Wildman–Crippen MR) is 101 cm³/mol. The van der Waals surface area contributed by atoms with Gasteiger partial charge in [0.2, 0.25) is 5.91 Å². The third kappa shape index (κ3) is 3.09. The van der Waals surface area contributed by atoms with E-state index in [0.29, 0.717) is 12.8 Å². The molecule has 0 bridgehead atoms. The first-order valence-corrected chi connectivity index (χ1v) is 9.66. The molecule has 2 fully saturated rings. The summed E-state index contributed by atoms with van der Waals surface area (Å²) >= 11 is 0. The molecule has 2 aliphatic rings. The molecule has 1 saturated carbocycles. The zero-order valence-corrected chi connectivity index (χ0v) is 14.9. The Hall–Kier alpha value is -2.36. The third-order valence-electron chi connectivity index (χ3n) is 6.09. The molecule has 1 heterocycles. The Morgan fingerprint density at radius 3 is 2.54 bits per heavy atom. The molecular weight excluding hydrogens is 326 g/mol. The molecule has 1 saturated heterocycles. The van der Waals surface area contributed by atoms with Crippen LogP contribution in [0.3, 0.4) is 0 Å². The second-order valence-electron chi connectivity index (χ2n) is 7.66. The van der Waals surface area contributed by atoms with Gasteiger partial charge < -0.3 is 10.0 Å². The maximum atomic E-state index is 13.2. The van der Waals surface area contributed by atoms with Gasteiger partial charge in [0.05, 0.1) is 12.0 Å². The van der Waals surface area contributed by atoms with Crippen molar-refractivity contribution in [1.29, 1.82) is 0 Å². The fourth-order valence-electron chi connectivity index (χ4n) is 4.77. The number of nitrogens with zero attached hydrogens (tertiary/aromatic N) is 1. The topological polar surface area (TPSA) is 57.6 Å². The van der Waals surface area contributed by atoms with Crippen LogP contribution in [0.2, 0.25) is 0 Å². The Morgan fingerprint density at radius 2 is 1.69 bits per heavy atom. The van der Waals surface area contributed by atoms with Crippen molar-refractivity contribution >= 4 is 22.6 Å². The first-order valence-electron chi connectivity index (χ1n) is 9.66. The second-order valence-corrected chi connectivity index (χ2v) is 7.66. The molecule has 0 radical (unpaired) electrons. The van der Waals surface area contributed by atoms with Crippen LogP contribution in [0, 0.1) is 11.8 Å². The van der Waals surface area contributed by atoms with Crippen LogP contribution in [0.4, 0.5) is 0 Å². The first-order chi connectivity index (χ1) is 12.6. The summed E-state index contributed by atoms with van der Waals surface area (Å²) in [5, 5.41) is 11.7. The summed E-state index contributed by atoms with van der Waals surface area (Å²) in [6.07, 6.45) is 4.84. The molecule has 2 aromatic carbocycles. The lowest BCUT2D eigenvalue weighted by molar-refractivity contribution is -0.145. The molecule has 1 aliphatic heterocycles. The van der Waals surface area contributed by atoms with Crippen LogP contribution in [-0.4, -0.2) is 28.4 Å². The van der Waals surface area contributed by atoms with Crippen molar-refractivity contribution in [2.45, 2.75) is 44.6 Å².